The van der Waals surface area contributed by atoms with E-state index in [2.05, 4.69) is 15.5 Å². The first-order valence-corrected chi connectivity index (χ1v) is 9.98. The normalized spacial score (nSPS) is 11.0. The van der Waals surface area contributed by atoms with Gasteiger partial charge in [0.25, 0.3) is 0 Å². The van der Waals surface area contributed by atoms with Gasteiger partial charge in [-0.15, -0.1) is 0 Å². The number of nitrogens with one attached hydrogen (secondary N) is 1. The molecule has 0 saturated carbocycles. The number of carbonyl (C=O) groups is 1. The van der Waals surface area contributed by atoms with Gasteiger partial charge >= 0.3 is 0 Å². The first-order chi connectivity index (χ1) is 15.2. The van der Waals surface area contributed by atoms with Crippen LogP contribution in [0.15, 0.2) is 96.4 Å². The maximum atomic E-state index is 12.3. The van der Waals surface area contributed by atoms with Gasteiger partial charge in [-0.2, -0.15) is 5.10 Å². The fourth-order valence-corrected chi connectivity index (χ4v) is 3.31. The van der Waals surface area contributed by atoms with Gasteiger partial charge in [0.1, 0.15) is 5.75 Å². The highest BCUT2D eigenvalue weighted by molar-refractivity contribution is 5.85. The molecular formula is C25H22N4O2. The van der Waals surface area contributed by atoms with E-state index in [0.29, 0.717) is 12.1 Å². The van der Waals surface area contributed by atoms with Crippen LogP contribution in [0.25, 0.3) is 22.5 Å². The molecule has 0 saturated heterocycles. The molecule has 3 aromatic carbocycles. The predicted molar refractivity (Wildman–Crippen MR) is 122 cm³/mol. The van der Waals surface area contributed by atoms with Crippen LogP contribution in [0.4, 0.5) is 0 Å². The van der Waals surface area contributed by atoms with E-state index >= 15 is 0 Å². The number of phenolic OH excluding ortho intramolecular Hbond substituents is 1. The number of hydrazone groups is 1. The maximum Gasteiger partial charge on any atom is 0.241 e. The third-order valence-electron chi connectivity index (χ3n) is 4.84. The summed E-state index contributed by atoms with van der Waals surface area (Å²) in [5, 5.41) is 13.7. The van der Waals surface area contributed by atoms with Crippen LogP contribution in [0.1, 0.15) is 12.0 Å². The second-order valence-electron chi connectivity index (χ2n) is 6.97. The summed E-state index contributed by atoms with van der Waals surface area (Å²) in [5.74, 6) is -0.111. The number of imidazole rings is 1. The van der Waals surface area contributed by atoms with E-state index in [9.17, 15) is 9.90 Å². The third-order valence-corrected chi connectivity index (χ3v) is 4.84. The topological polar surface area (TPSA) is 79.5 Å². The number of benzene rings is 3. The number of carbonyl (C=O) groups excluding carboxylic acids is 1. The van der Waals surface area contributed by atoms with Crippen molar-refractivity contribution in [2.45, 2.75) is 13.0 Å². The Bertz CT molecular complexity index is 1180. The van der Waals surface area contributed by atoms with Crippen molar-refractivity contribution in [3.8, 4) is 28.3 Å². The number of nitrogens with zero attached hydrogens (tertiary/aromatic N) is 3. The molecule has 2 N–H and O–H groups in total. The second-order valence-corrected chi connectivity index (χ2v) is 6.97. The highest BCUT2D eigenvalue weighted by Gasteiger charge is 2.15. The highest BCUT2D eigenvalue weighted by atomic mass is 16.3. The fraction of sp³-hybridized carbons (Fsp3) is 0.0800. The standard InChI is InChI=1S/C25H22N4O2/c30-22-14-8-7-13-21(22)17-27-28-23(31)15-16-29-18-26-24(19-9-3-1-4-10-19)25(29)20-11-5-2-6-12-20/h1-14,17-18,30H,15-16H2,(H,28,31)/b27-17+. The molecule has 4 rings (SSSR count). The summed E-state index contributed by atoms with van der Waals surface area (Å²) in [4.78, 5) is 16.9. The first-order valence-electron chi connectivity index (χ1n) is 9.98. The molecule has 0 atom stereocenters. The second kappa shape index (κ2) is 9.54. The number of rotatable bonds is 7. The Labute approximate surface area is 180 Å². The summed E-state index contributed by atoms with van der Waals surface area (Å²) >= 11 is 0. The first kappa shape index (κ1) is 20.1. The number of aryl methyl sites for hydroxylation is 1. The van der Waals surface area contributed by atoms with Gasteiger partial charge in [0.2, 0.25) is 5.91 Å². The molecule has 0 radical (unpaired) electrons. The molecule has 31 heavy (non-hydrogen) atoms. The van der Waals surface area contributed by atoms with Crippen molar-refractivity contribution in [2.24, 2.45) is 5.10 Å². The largest absolute Gasteiger partial charge is 0.507 e. The smallest absolute Gasteiger partial charge is 0.241 e. The van der Waals surface area contributed by atoms with Gasteiger partial charge in [-0.05, 0) is 12.1 Å². The Morgan fingerprint density at radius 1 is 0.935 bits per heavy atom. The van der Waals surface area contributed by atoms with E-state index < -0.39 is 0 Å². The number of aromatic hydroxyl groups is 1. The molecule has 1 aromatic heterocycles. The molecule has 4 aromatic rings. The number of phenols is 1. The fourth-order valence-electron chi connectivity index (χ4n) is 3.31. The Morgan fingerprint density at radius 3 is 2.29 bits per heavy atom. The zero-order valence-corrected chi connectivity index (χ0v) is 16.8. The van der Waals surface area contributed by atoms with E-state index in [1.807, 2.05) is 65.2 Å². The number of hydrogen-bond acceptors (Lipinski definition) is 4. The summed E-state index contributed by atoms with van der Waals surface area (Å²) in [5.41, 5.74) is 6.96. The minimum Gasteiger partial charge on any atom is -0.507 e. The Kier molecular flexibility index (Phi) is 6.18. The van der Waals surface area contributed by atoms with Crippen LogP contribution in [0.5, 0.6) is 5.75 Å². The number of para-hydroxylation sites is 1. The van der Waals surface area contributed by atoms with Gasteiger partial charge in [0.05, 0.1) is 23.9 Å². The zero-order chi connectivity index (χ0) is 21.5. The monoisotopic (exact) mass is 410 g/mol. The molecule has 0 spiro atoms. The number of aromatic nitrogens is 2. The van der Waals surface area contributed by atoms with E-state index in [1.165, 1.54) is 6.21 Å². The molecule has 0 bridgehead atoms. The molecule has 1 heterocycles. The predicted octanol–water partition coefficient (Wildman–Crippen LogP) is 4.46. The van der Waals surface area contributed by atoms with E-state index in [4.69, 9.17) is 0 Å². The van der Waals surface area contributed by atoms with Gasteiger partial charge < -0.3 is 9.67 Å². The van der Waals surface area contributed by atoms with Gasteiger partial charge in [-0.3, -0.25) is 4.79 Å². The highest BCUT2D eigenvalue weighted by Crippen LogP contribution is 2.31. The Hall–Kier alpha value is -4.19. The average Bonchev–Trinajstić information content (AvgIpc) is 3.24. The van der Waals surface area contributed by atoms with Gasteiger partial charge in [0, 0.05) is 29.7 Å². The van der Waals surface area contributed by atoms with Crippen LogP contribution in [0.3, 0.4) is 0 Å². The van der Waals surface area contributed by atoms with Crippen LogP contribution in [0.2, 0.25) is 0 Å². The molecule has 0 aliphatic carbocycles. The van der Waals surface area contributed by atoms with Crippen molar-refractivity contribution in [1.29, 1.82) is 0 Å². The lowest BCUT2D eigenvalue weighted by Crippen LogP contribution is -2.19. The van der Waals surface area contributed by atoms with Crippen LogP contribution in [0, 0.1) is 0 Å². The van der Waals surface area contributed by atoms with Crippen LogP contribution >= 0.6 is 0 Å². The Balaban J connectivity index is 1.49. The summed E-state index contributed by atoms with van der Waals surface area (Å²) < 4.78 is 1.99. The minimum atomic E-state index is -0.222. The number of hydrogen-bond donors (Lipinski definition) is 2. The molecule has 1 amide bonds. The van der Waals surface area contributed by atoms with Crippen molar-refractivity contribution in [3.63, 3.8) is 0 Å². The lowest BCUT2D eigenvalue weighted by molar-refractivity contribution is -0.121. The molecule has 0 unspecified atom stereocenters. The summed E-state index contributed by atoms with van der Waals surface area (Å²) in [6, 6.07) is 26.8. The van der Waals surface area contributed by atoms with Gasteiger partial charge in [0.15, 0.2) is 0 Å². The molecule has 0 aliphatic heterocycles. The summed E-state index contributed by atoms with van der Waals surface area (Å²) in [6.07, 6.45) is 3.43. The van der Waals surface area contributed by atoms with Crippen molar-refractivity contribution in [3.05, 3.63) is 96.8 Å². The van der Waals surface area contributed by atoms with E-state index in [1.54, 1.807) is 30.6 Å². The van der Waals surface area contributed by atoms with Crippen LogP contribution < -0.4 is 5.43 Å². The van der Waals surface area contributed by atoms with Crippen molar-refractivity contribution >= 4 is 12.1 Å². The maximum absolute atomic E-state index is 12.3. The quantitative estimate of drug-likeness (QED) is 0.349. The third kappa shape index (κ3) is 4.87. The number of amides is 1. The van der Waals surface area contributed by atoms with E-state index in [-0.39, 0.29) is 18.1 Å². The van der Waals surface area contributed by atoms with Crippen molar-refractivity contribution in [2.75, 3.05) is 0 Å². The molecule has 6 heteroatoms. The lowest BCUT2D eigenvalue weighted by Gasteiger charge is -2.10. The Morgan fingerprint density at radius 2 is 1.58 bits per heavy atom. The van der Waals surface area contributed by atoms with Crippen molar-refractivity contribution < 1.29 is 9.90 Å². The molecular weight excluding hydrogens is 388 g/mol. The zero-order valence-electron chi connectivity index (χ0n) is 16.8. The summed E-state index contributed by atoms with van der Waals surface area (Å²) in [6.45, 7) is 0.460. The average molecular weight is 410 g/mol. The molecule has 6 nitrogen and oxygen atoms in total. The van der Waals surface area contributed by atoms with E-state index in [0.717, 1.165) is 22.5 Å². The SMILES string of the molecule is O=C(CCn1cnc(-c2ccccc2)c1-c1ccccc1)N/N=C/c1ccccc1O. The van der Waals surface area contributed by atoms with Gasteiger partial charge in [-0.1, -0.05) is 72.8 Å². The van der Waals surface area contributed by atoms with Crippen LogP contribution in [-0.2, 0) is 11.3 Å². The molecule has 0 aliphatic rings. The lowest BCUT2D eigenvalue weighted by atomic mass is 10.0. The van der Waals surface area contributed by atoms with Crippen molar-refractivity contribution in [1.82, 2.24) is 15.0 Å². The summed E-state index contributed by atoms with van der Waals surface area (Å²) in [7, 11) is 0. The molecule has 154 valence electrons. The van der Waals surface area contributed by atoms with Gasteiger partial charge in [-0.25, -0.2) is 10.4 Å². The molecule has 0 fully saturated rings. The minimum absolute atomic E-state index is 0.111. The van der Waals surface area contributed by atoms with Crippen LogP contribution in [-0.4, -0.2) is 26.8 Å².